The molecule has 1 rings (SSSR count). The summed E-state index contributed by atoms with van der Waals surface area (Å²) in [5.74, 6) is -1.16. The van der Waals surface area contributed by atoms with E-state index in [2.05, 4.69) is 5.32 Å². The first-order valence-electron chi connectivity index (χ1n) is 6.96. The number of likely N-dealkylation sites (tertiary alicyclic amines) is 1. The van der Waals surface area contributed by atoms with Crippen molar-refractivity contribution in [1.29, 1.82) is 0 Å². The molecule has 1 saturated heterocycles. The molecule has 1 heterocycles. The number of hydrogen-bond acceptors (Lipinski definition) is 3. The smallest absolute Gasteiger partial charge is 0.317 e. The van der Waals surface area contributed by atoms with Crippen LogP contribution in [0.4, 0.5) is 4.79 Å². The zero-order valence-electron chi connectivity index (χ0n) is 11.9. The maximum Gasteiger partial charge on any atom is 0.317 e. The van der Waals surface area contributed by atoms with Crippen molar-refractivity contribution < 1.29 is 19.5 Å². The van der Waals surface area contributed by atoms with Gasteiger partial charge in [-0.1, -0.05) is 6.92 Å². The highest BCUT2D eigenvalue weighted by atomic mass is 16.4. The van der Waals surface area contributed by atoms with Crippen molar-refractivity contribution >= 4 is 17.9 Å². The molecule has 7 heteroatoms. The van der Waals surface area contributed by atoms with Crippen LogP contribution in [0.3, 0.4) is 0 Å². The Morgan fingerprint density at radius 3 is 2.35 bits per heavy atom. The highest BCUT2D eigenvalue weighted by Crippen LogP contribution is 2.35. The van der Waals surface area contributed by atoms with Crippen molar-refractivity contribution in [3.05, 3.63) is 0 Å². The van der Waals surface area contributed by atoms with Gasteiger partial charge in [0.05, 0.1) is 5.41 Å². The molecule has 1 fully saturated rings. The monoisotopic (exact) mass is 285 g/mol. The van der Waals surface area contributed by atoms with Crippen molar-refractivity contribution in [1.82, 2.24) is 10.2 Å². The molecular weight excluding hydrogens is 262 g/mol. The Kier molecular flexibility index (Phi) is 5.79. The first-order valence-corrected chi connectivity index (χ1v) is 6.96. The van der Waals surface area contributed by atoms with Crippen LogP contribution >= 0.6 is 0 Å². The fourth-order valence-electron chi connectivity index (χ4n) is 2.43. The van der Waals surface area contributed by atoms with E-state index in [4.69, 9.17) is 5.73 Å². The summed E-state index contributed by atoms with van der Waals surface area (Å²) < 4.78 is 0. The van der Waals surface area contributed by atoms with Gasteiger partial charge in [0.15, 0.2) is 0 Å². The van der Waals surface area contributed by atoms with E-state index in [0.717, 1.165) is 0 Å². The fourth-order valence-corrected chi connectivity index (χ4v) is 2.43. The van der Waals surface area contributed by atoms with Gasteiger partial charge < -0.3 is 21.1 Å². The van der Waals surface area contributed by atoms with Gasteiger partial charge >= 0.3 is 12.0 Å². The summed E-state index contributed by atoms with van der Waals surface area (Å²) in [7, 11) is 0. The maximum atomic E-state index is 11.9. The van der Waals surface area contributed by atoms with E-state index in [1.165, 1.54) is 0 Å². The molecule has 0 atom stereocenters. The van der Waals surface area contributed by atoms with Crippen LogP contribution in [-0.2, 0) is 9.59 Å². The van der Waals surface area contributed by atoms with E-state index in [9.17, 15) is 19.5 Å². The van der Waals surface area contributed by atoms with Crippen molar-refractivity contribution in [2.24, 2.45) is 11.1 Å². The van der Waals surface area contributed by atoms with Gasteiger partial charge in [-0.15, -0.1) is 0 Å². The van der Waals surface area contributed by atoms with Crippen LogP contribution < -0.4 is 11.1 Å². The number of rotatable bonds is 6. The van der Waals surface area contributed by atoms with Crippen LogP contribution in [-0.4, -0.2) is 47.5 Å². The number of piperidine rings is 1. The summed E-state index contributed by atoms with van der Waals surface area (Å²) in [6, 6.07) is -0.204. The molecule has 1 aliphatic rings. The predicted molar refractivity (Wildman–Crippen MR) is 73.0 cm³/mol. The number of carboxylic acids is 1. The summed E-state index contributed by atoms with van der Waals surface area (Å²) in [6.45, 7) is 3.16. The first-order chi connectivity index (χ1) is 9.41. The van der Waals surface area contributed by atoms with E-state index in [-0.39, 0.29) is 18.4 Å². The number of nitrogens with two attached hydrogens (primary N) is 1. The lowest BCUT2D eigenvalue weighted by atomic mass is 9.76. The summed E-state index contributed by atoms with van der Waals surface area (Å²) in [6.07, 6.45) is 2.30. The number of urea groups is 1. The zero-order chi connectivity index (χ0) is 15.2. The third kappa shape index (κ3) is 4.11. The second-order valence-electron chi connectivity index (χ2n) is 5.23. The van der Waals surface area contributed by atoms with E-state index in [0.29, 0.717) is 45.3 Å². The molecule has 4 N–H and O–H groups in total. The van der Waals surface area contributed by atoms with Gasteiger partial charge in [0.25, 0.3) is 0 Å². The van der Waals surface area contributed by atoms with Crippen LogP contribution in [0.1, 0.15) is 39.0 Å². The number of hydrogen-bond donors (Lipinski definition) is 3. The van der Waals surface area contributed by atoms with E-state index in [1.807, 2.05) is 6.92 Å². The molecule has 0 aromatic rings. The molecule has 3 amide bonds. The minimum atomic E-state index is -0.776. The Bertz CT molecular complexity index is 376. The van der Waals surface area contributed by atoms with Gasteiger partial charge in [-0.3, -0.25) is 9.59 Å². The number of carbonyl (C=O) groups excluding carboxylic acids is 2. The number of nitrogens with zero attached hydrogens (tertiary/aromatic N) is 1. The molecule has 1 aliphatic heterocycles. The molecule has 0 aromatic carbocycles. The Balaban J connectivity index is 2.35. The van der Waals surface area contributed by atoms with Gasteiger partial charge in [-0.05, 0) is 25.7 Å². The minimum absolute atomic E-state index is 0.204. The second-order valence-corrected chi connectivity index (χ2v) is 5.23. The lowest BCUT2D eigenvalue weighted by Crippen LogP contribution is -2.49. The normalized spacial score (nSPS) is 17.6. The Morgan fingerprint density at radius 1 is 1.30 bits per heavy atom. The van der Waals surface area contributed by atoms with Crippen LogP contribution in [0.25, 0.3) is 0 Å². The van der Waals surface area contributed by atoms with Crippen molar-refractivity contribution in [3.63, 3.8) is 0 Å². The third-order valence-electron chi connectivity index (χ3n) is 4.01. The molecule has 7 nitrogen and oxygen atoms in total. The summed E-state index contributed by atoms with van der Waals surface area (Å²) >= 11 is 0. The maximum absolute atomic E-state index is 11.9. The predicted octanol–water partition coefficient (Wildman–Crippen LogP) is 0.538. The lowest BCUT2D eigenvalue weighted by Gasteiger charge is -2.38. The standard InChI is InChI=1S/C13H23N3O4/c1-2-13(11(18)19)5-8-16(9-6-13)12(20)15-7-3-4-10(14)17/h2-9H2,1H3,(H2,14,17)(H,15,20)(H,18,19). The average Bonchev–Trinajstić information content (AvgIpc) is 2.43. The van der Waals surface area contributed by atoms with Gasteiger partial charge in [0.1, 0.15) is 0 Å². The SMILES string of the molecule is CCC1(C(=O)O)CCN(C(=O)NCCCC(N)=O)CC1. The molecular formula is C13H23N3O4. The second kappa shape index (κ2) is 7.12. The molecule has 0 saturated carbocycles. The third-order valence-corrected chi connectivity index (χ3v) is 4.01. The number of primary amides is 1. The highest BCUT2D eigenvalue weighted by molar-refractivity contribution is 5.77. The average molecular weight is 285 g/mol. The van der Waals surface area contributed by atoms with Gasteiger partial charge in [-0.2, -0.15) is 0 Å². The zero-order valence-corrected chi connectivity index (χ0v) is 11.9. The quantitative estimate of drug-likeness (QED) is 0.618. The Hall–Kier alpha value is -1.79. The highest BCUT2D eigenvalue weighted by Gasteiger charge is 2.40. The fraction of sp³-hybridized carbons (Fsp3) is 0.769. The number of aliphatic carboxylic acids is 1. The number of carboxylic acid groups (broad SMARTS) is 1. The summed E-state index contributed by atoms with van der Waals surface area (Å²) in [5.41, 5.74) is 4.32. The van der Waals surface area contributed by atoms with Crippen LogP contribution in [0, 0.1) is 5.41 Å². The molecule has 0 radical (unpaired) electrons. The van der Waals surface area contributed by atoms with Crippen LogP contribution in [0.15, 0.2) is 0 Å². The Labute approximate surface area is 118 Å². The van der Waals surface area contributed by atoms with Crippen molar-refractivity contribution in [2.75, 3.05) is 19.6 Å². The molecule has 20 heavy (non-hydrogen) atoms. The molecule has 0 aliphatic carbocycles. The molecule has 0 spiro atoms. The molecule has 0 bridgehead atoms. The van der Waals surface area contributed by atoms with Crippen molar-refractivity contribution in [3.8, 4) is 0 Å². The molecule has 0 aromatic heterocycles. The van der Waals surface area contributed by atoms with E-state index < -0.39 is 11.4 Å². The van der Waals surface area contributed by atoms with Gasteiger partial charge in [0, 0.05) is 26.1 Å². The number of amides is 3. The topological polar surface area (TPSA) is 113 Å². The van der Waals surface area contributed by atoms with Crippen molar-refractivity contribution in [2.45, 2.75) is 39.0 Å². The van der Waals surface area contributed by atoms with E-state index >= 15 is 0 Å². The summed E-state index contributed by atoms with van der Waals surface area (Å²) in [4.78, 5) is 35.3. The largest absolute Gasteiger partial charge is 0.481 e. The minimum Gasteiger partial charge on any atom is -0.481 e. The lowest BCUT2D eigenvalue weighted by molar-refractivity contribution is -0.152. The Morgan fingerprint density at radius 2 is 1.90 bits per heavy atom. The number of carbonyl (C=O) groups is 3. The molecule has 114 valence electrons. The van der Waals surface area contributed by atoms with Gasteiger partial charge in [-0.25, -0.2) is 4.79 Å². The van der Waals surface area contributed by atoms with Crippen LogP contribution in [0.2, 0.25) is 0 Å². The molecule has 0 unspecified atom stereocenters. The van der Waals surface area contributed by atoms with E-state index in [1.54, 1.807) is 4.90 Å². The first kappa shape index (κ1) is 16.3. The summed E-state index contributed by atoms with van der Waals surface area (Å²) in [5, 5.41) is 12.0. The van der Waals surface area contributed by atoms with Gasteiger partial charge in [0.2, 0.25) is 5.91 Å². The van der Waals surface area contributed by atoms with Crippen LogP contribution in [0.5, 0.6) is 0 Å². The number of nitrogens with one attached hydrogen (secondary N) is 1.